The number of primary amides is 1. The zero-order valence-corrected chi connectivity index (χ0v) is 10.3. The summed E-state index contributed by atoms with van der Waals surface area (Å²) in [4.78, 5) is 14.9. The summed E-state index contributed by atoms with van der Waals surface area (Å²) in [5, 5.41) is 8.73. The number of nitrogens with zero attached hydrogens (tertiary/aromatic N) is 2. The van der Waals surface area contributed by atoms with E-state index in [1.54, 1.807) is 6.07 Å². The minimum Gasteiger partial charge on any atom is -0.487 e. The number of ether oxygens (including phenoxy) is 1. The van der Waals surface area contributed by atoms with Gasteiger partial charge in [-0.3, -0.25) is 9.78 Å². The Morgan fingerprint density at radius 1 is 1.40 bits per heavy atom. The second-order valence-corrected chi connectivity index (χ2v) is 3.98. The minimum absolute atomic E-state index is 0.0906. The number of pyridine rings is 1. The van der Waals surface area contributed by atoms with Crippen molar-refractivity contribution in [2.24, 2.45) is 5.73 Å². The van der Waals surface area contributed by atoms with Crippen molar-refractivity contribution >= 4 is 5.91 Å². The van der Waals surface area contributed by atoms with E-state index < -0.39 is 11.7 Å². The predicted molar refractivity (Wildman–Crippen MR) is 68.2 cm³/mol. The monoisotopic (exact) mass is 271 g/mol. The van der Waals surface area contributed by atoms with Gasteiger partial charge in [0.05, 0.1) is 22.9 Å². The molecule has 0 aliphatic heterocycles. The second-order valence-electron chi connectivity index (χ2n) is 3.98. The molecule has 0 fully saturated rings. The lowest BCUT2D eigenvalue weighted by Gasteiger charge is -2.06. The van der Waals surface area contributed by atoms with Crippen molar-refractivity contribution < 1.29 is 13.9 Å². The Morgan fingerprint density at radius 2 is 2.20 bits per heavy atom. The van der Waals surface area contributed by atoms with Crippen molar-refractivity contribution in [2.45, 2.75) is 6.61 Å². The first-order valence-corrected chi connectivity index (χ1v) is 5.66. The van der Waals surface area contributed by atoms with Crippen molar-refractivity contribution in [3.8, 4) is 11.8 Å². The number of benzene rings is 1. The van der Waals surface area contributed by atoms with Gasteiger partial charge in [0, 0.05) is 12.3 Å². The zero-order valence-electron chi connectivity index (χ0n) is 10.3. The lowest BCUT2D eigenvalue weighted by Crippen LogP contribution is -2.11. The molecule has 5 nitrogen and oxygen atoms in total. The number of halogens is 1. The van der Waals surface area contributed by atoms with Gasteiger partial charge in [-0.15, -0.1) is 0 Å². The van der Waals surface area contributed by atoms with E-state index in [4.69, 9.17) is 15.7 Å². The van der Waals surface area contributed by atoms with Crippen LogP contribution in [0.3, 0.4) is 0 Å². The van der Waals surface area contributed by atoms with Crippen LogP contribution in [0.25, 0.3) is 0 Å². The van der Waals surface area contributed by atoms with E-state index in [1.807, 2.05) is 6.07 Å². The number of carbonyl (C=O) groups excluding carboxylic acids is 1. The van der Waals surface area contributed by atoms with Gasteiger partial charge >= 0.3 is 0 Å². The molecule has 0 aliphatic carbocycles. The summed E-state index contributed by atoms with van der Waals surface area (Å²) < 4.78 is 18.5. The largest absolute Gasteiger partial charge is 0.487 e. The molecule has 2 rings (SSSR count). The molecule has 20 heavy (non-hydrogen) atoms. The molecular weight excluding hydrogens is 261 g/mol. The fourth-order valence-electron chi connectivity index (χ4n) is 1.52. The molecule has 1 amide bonds. The quantitative estimate of drug-likeness (QED) is 0.917. The van der Waals surface area contributed by atoms with Crippen LogP contribution in [0.15, 0.2) is 36.5 Å². The number of nitrogens with two attached hydrogens (primary N) is 1. The van der Waals surface area contributed by atoms with Crippen molar-refractivity contribution in [3.63, 3.8) is 0 Å². The summed E-state index contributed by atoms with van der Waals surface area (Å²) in [7, 11) is 0. The number of hydrogen-bond acceptors (Lipinski definition) is 4. The molecule has 2 N–H and O–H groups in total. The Bertz CT molecular complexity index is 678. The SMILES string of the molecule is N#Cc1cc(F)cc(OCc2ccc(C(N)=O)cn2)c1. The van der Waals surface area contributed by atoms with E-state index in [2.05, 4.69) is 4.98 Å². The normalized spacial score (nSPS) is 9.80. The average Bonchev–Trinajstić information content (AvgIpc) is 2.45. The number of nitriles is 1. The summed E-state index contributed by atoms with van der Waals surface area (Å²) in [6, 6.07) is 8.68. The van der Waals surface area contributed by atoms with Gasteiger partial charge in [0.2, 0.25) is 5.91 Å². The second kappa shape index (κ2) is 5.80. The number of aromatic nitrogens is 1. The van der Waals surface area contributed by atoms with E-state index in [-0.39, 0.29) is 17.9 Å². The van der Waals surface area contributed by atoms with Crippen molar-refractivity contribution in [1.29, 1.82) is 5.26 Å². The first kappa shape index (κ1) is 13.5. The molecule has 1 heterocycles. The highest BCUT2D eigenvalue weighted by molar-refractivity contribution is 5.92. The number of carbonyl (C=O) groups is 1. The third kappa shape index (κ3) is 3.29. The molecule has 0 atom stereocenters. The average molecular weight is 271 g/mol. The van der Waals surface area contributed by atoms with E-state index in [0.717, 1.165) is 6.07 Å². The van der Waals surface area contributed by atoms with Gasteiger partial charge in [0.1, 0.15) is 18.2 Å². The predicted octanol–water partition coefficient (Wildman–Crippen LogP) is 1.77. The first-order valence-electron chi connectivity index (χ1n) is 5.66. The highest BCUT2D eigenvalue weighted by Crippen LogP contribution is 2.17. The fraction of sp³-hybridized carbons (Fsp3) is 0.0714. The molecule has 0 unspecified atom stereocenters. The number of hydrogen-bond donors (Lipinski definition) is 1. The van der Waals surface area contributed by atoms with Crippen LogP contribution in [0.5, 0.6) is 5.75 Å². The lowest BCUT2D eigenvalue weighted by molar-refractivity contribution is 0.1000. The smallest absolute Gasteiger partial charge is 0.250 e. The van der Waals surface area contributed by atoms with Gasteiger partial charge in [-0.05, 0) is 24.3 Å². The van der Waals surface area contributed by atoms with E-state index >= 15 is 0 Å². The van der Waals surface area contributed by atoms with Crippen LogP contribution in [0.2, 0.25) is 0 Å². The molecule has 0 bridgehead atoms. The fourth-order valence-corrected chi connectivity index (χ4v) is 1.52. The molecule has 0 saturated heterocycles. The number of amides is 1. The van der Waals surface area contributed by atoms with Crippen LogP contribution >= 0.6 is 0 Å². The van der Waals surface area contributed by atoms with Gasteiger partial charge in [-0.2, -0.15) is 5.26 Å². The maximum absolute atomic E-state index is 13.2. The van der Waals surface area contributed by atoms with Gasteiger partial charge in [-0.25, -0.2) is 4.39 Å². The Labute approximate surface area is 114 Å². The van der Waals surface area contributed by atoms with Crippen LogP contribution in [-0.4, -0.2) is 10.9 Å². The third-order valence-electron chi connectivity index (χ3n) is 2.50. The van der Waals surface area contributed by atoms with Crippen LogP contribution < -0.4 is 10.5 Å². The van der Waals surface area contributed by atoms with Gasteiger partial charge in [-0.1, -0.05) is 0 Å². The highest BCUT2D eigenvalue weighted by Gasteiger charge is 2.04. The van der Waals surface area contributed by atoms with E-state index in [9.17, 15) is 9.18 Å². The molecule has 0 saturated carbocycles. The maximum Gasteiger partial charge on any atom is 0.250 e. The third-order valence-corrected chi connectivity index (χ3v) is 2.50. The van der Waals surface area contributed by atoms with Crippen molar-refractivity contribution in [1.82, 2.24) is 4.98 Å². The van der Waals surface area contributed by atoms with Gasteiger partial charge in [0.25, 0.3) is 0 Å². The summed E-state index contributed by atoms with van der Waals surface area (Å²) in [6.07, 6.45) is 1.34. The van der Waals surface area contributed by atoms with Gasteiger partial charge < -0.3 is 10.5 Å². The molecular formula is C14H10FN3O2. The Balaban J connectivity index is 2.07. The first-order chi connectivity index (χ1) is 9.58. The van der Waals surface area contributed by atoms with E-state index in [0.29, 0.717) is 11.3 Å². The van der Waals surface area contributed by atoms with Crippen molar-refractivity contribution in [3.05, 3.63) is 59.2 Å². The van der Waals surface area contributed by atoms with Crippen molar-refractivity contribution in [2.75, 3.05) is 0 Å². The minimum atomic E-state index is -0.561. The Morgan fingerprint density at radius 3 is 2.80 bits per heavy atom. The molecule has 1 aromatic carbocycles. The summed E-state index contributed by atoms with van der Waals surface area (Å²) >= 11 is 0. The highest BCUT2D eigenvalue weighted by atomic mass is 19.1. The molecule has 6 heteroatoms. The molecule has 0 aliphatic rings. The molecule has 2 aromatic rings. The molecule has 100 valence electrons. The Hall–Kier alpha value is -2.94. The van der Waals surface area contributed by atoms with Gasteiger partial charge in [0.15, 0.2) is 0 Å². The van der Waals surface area contributed by atoms with Crippen LogP contribution in [0, 0.1) is 17.1 Å². The zero-order chi connectivity index (χ0) is 14.5. The lowest BCUT2D eigenvalue weighted by atomic mass is 10.2. The van der Waals surface area contributed by atoms with E-state index in [1.165, 1.54) is 24.4 Å². The summed E-state index contributed by atoms with van der Waals surface area (Å²) in [6.45, 7) is 0.0906. The molecule has 0 radical (unpaired) electrons. The topological polar surface area (TPSA) is 89.0 Å². The summed E-state index contributed by atoms with van der Waals surface area (Å²) in [5.41, 5.74) is 6.12. The van der Waals surface area contributed by atoms with Crippen LogP contribution in [0.1, 0.15) is 21.6 Å². The van der Waals surface area contributed by atoms with Crippen LogP contribution in [0.4, 0.5) is 4.39 Å². The standard InChI is InChI=1S/C14H10FN3O2/c15-11-3-9(6-16)4-13(5-11)20-8-12-2-1-10(7-18-12)14(17)19/h1-5,7H,8H2,(H2,17,19). The molecule has 1 aromatic heterocycles. The Kier molecular flexibility index (Phi) is 3.91. The maximum atomic E-state index is 13.2. The number of rotatable bonds is 4. The van der Waals surface area contributed by atoms with Crippen LogP contribution in [-0.2, 0) is 6.61 Å². The summed E-state index contributed by atoms with van der Waals surface area (Å²) in [5.74, 6) is -0.868. The molecule has 0 spiro atoms.